The van der Waals surface area contributed by atoms with Crippen molar-refractivity contribution in [2.45, 2.75) is 44.7 Å². The summed E-state index contributed by atoms with van der Waals surface area (Å²) in [6, 6.07) is 19.7. The third-order valence-electron chi connectivity index (χ3n) is 8.41. The van der Waals surface area contributed by atoms with Crippen LogP contribution >= 0.6 is 0 Å². The number of aryl methyl sites for hydroxylation is 1. The summed E-state index contributed by atoms with van der Waals surface area (Å²) < 4.78 is 0. The molecule has 1 amide bonds. The summed E-state index contributed by atoms with van der Waals surface area (Å²) in [5.74, 6) is 1.75. The minimum atomic E-state index is -0.0168. The minimum absolute atomic E-state index is 0.0168. The van der Waals surface area contributed by atoms with Crippen LogP contribution in [-0.4, -0.2) is 76.0 Å². The second kappa shape index (κ2) is 10.7. The number of pyridine rings is 1. The van der Waals surface area contributed by atoms with E-state index in [2.05, 4.69) is 84.9 Å². The maximum atomic E-state index is 12.3. The SMILES string of the molecule is C=CC(=O)N1CCN(c2nc(CC[C@@H]3CCCN3C)nc3nc(-c4cccc5ccccc45)ccc23)C(C)C1. The largest absolute Gasteiger partial charge is 0.350 e. The van der Waals surface area contributed by atoms with E-state index >= 15 is 0 Å². The van der Waals surface area contributed by atoms with Gasteiger partial charge < -0.3 is 14.7 Å². The van der Waals surface area contributed by atoms with Crippen molar-refractivity contribution in [3.63, 3.8) is 0 Å². The number of aromatic nitrogens is 3. The van der Waals surface area contributed by atoms with Gasteiger partial charge in [0.05, 0.1) is 11.1 Å². The standard InChI is InChI=1S/C32H36N6O/c1-4-30(39)37-19-20-38(22(2)21-37)32-27-15-16-28(26-13-7-10-23-9-5-6-12-25(23)26)33-31(27)34-29(35-32)17-14-24-11-8-18-36(24)3/h4-7,9-10,12-13,15-16,22,24H,1,8,11,14,17-21H2,2-3H3/t22?,24-/m0/s1. The fraction of sp³-hybridized carbons (Fsp3) is 0.375. The van der Waals surface area contributed by atoms with Crippen molar-refractivity contribution in [1.29, 1.82) is 0 Å². The number of amides is 1. The number of hydrogen-bond donors (Lipinski definition) is 0. The molecule has 2 aromatic heterocycles. The molecule has 200 valence electrons. The number of rotatable bonds is 6. The number of carbonyl (C=O) groups excluding carboxylic acids is 1. The van der Waals surface area contributed by atoms with Crippen LogP contribution in [0.2, 0.25) is 0 Å². The van der Waals surface area contributed by atoms with Gasteiger partial charge in [0.1, 0.15) is 11.6 Å². The van der Waals surface area contributed by atoms with Gasteiger partial charge in [-0.05, 0) is 68.8 Å². The van der Waals surface area contributed by atoms with Gasteiger partial charge in [-0.25, -0.2) is 15.0 Å². The van der Waals surface area contributed by atoms with Crippen molar-refractivity contribution in [3.8, 4) is 11.3 Å². The molecule has 4 heterocycles. The van der Waals surface area contributed by atoms with E-state index in [4.69, 9.17) is 15.0 Å². The number of fused-ring (bicyclic) bond motifs is 2. The molecular weight excluding hydrogens is 484 g/mol. The molecule has 2 aliphatic heterocycles. The third-order valence-corrected chi connectivity index (χ3v) is 8.41. The molecule has 0 spiro atoms. The average molecular weight is 521 g/mol. The fourth-order valence-corrected chi connectivity index (χ4v) is 6.21. The van der Waals surface area contributed by atoms with Crippen LogP contribution < -0.4 is 4.90 Å². The molecule has 2 aromatic carbocycles. The molecule has 2 aliphatic rings. The highest BCUT2D eigenvalue weighted by Gasteiger charge is 2.29. The Hall–Kier alpha value is -3.84. The molecule has 1 unspecified atom stereocenters. The van der Waals surface area contributed by atoms with E-state index in [0.717, 1.165) is 53.3 Å². The quantitative estimate of drug-likeness (QED) is 0.330. The lowest BCUT2D eigenvalue weighted by atomic mass is 10.0. The van der Waals surface area contributed by atoms with E-state index in [1.807, 2.05) is 4.90 Å². The molecule has 0 bridgehead atoms. The molecule has 0 N–H and O–H groups in total. The summed E-state index contributed by atoms with van der Waals surface area (Å²) >= 11 is 0. The molecule has 2 atom stereocenters. The van der Waals surface area contributed by atoms with Crippen LogP contribution in [-0.2, 0) is 11.2 Å². The first-order chi connectivity index (χ1) is 19.0. The third kappa shape index (κ3) is 4.99. The van der Waals surface area contributed by atoms with E-state index < -0.39 is 0 Å². The fourth-order valence-electron chi connectivity index (χ4n) is 6.21. The average Bonchev–Trinajstić information content (AvgIpc) is 3.39. The zero-order valence-corrected chi connectivity index (χ0v) is 22.9. The predicted molar refractivity (Wildman–Crippen MR) is 158 cm³/mol. The Morgan fingerprint density at radius 2 is 1.85 bits per heavy atom. The first kappa shape index (κ1) is 25.4. The maximum absolute atomic E-state index is 12.3. The molecule has 2 saturated heterocycles. The highest BCUT2D eigenvalue weighted by Crippen LogP contribution is 2.32. The molecule has 7 heteroatoms. The van der Waals surface area contributed by atoms with Crippen LogP contribution in [0.25, 0.3) is 33.1 Å². The number of nitrogens with zero attached hydrogens (tertiary/aromatic N) is 6. The second-order valence-electron chi connectivity index (χ2n) is 10.9. The van der Waals surface area contributed by atoms with E-state index in [1.165, 1.54) is 29.7 Å². The molecule has 0 radical (unpaired) electrons. The number of piperazine rings is 1. The van der Waals surface area contributed by atoms with Gasteiger partial charge in [0.15, 0.2) is 5.65 Å². The zero-order valence-electron chi connectivity index (χ0n) is 22.9. The Kier molecular flexibility index (Phi) is 7.00. The van der Waals surface area contributed by atoms with Crippen LogP contribution in [0.5, 0.6) is 0 Å². The molecular formula is C32H36N6O. The van der Waals surface area contributed by atoms with Gasteiger partial charge >= 0.3 is 0 Å². The van der Waals surface area contributed by atoms with Crippen LogP contribution in [0.15, 0.2) is 67.3 Å². The molecule has 7 nitrogen and oxygen atoms in total. The topological polar surface area (TPSA) is 65.5 Å². The van der Waals surface area contributed by atoms with E-state index in [1.54, 1.807) is 0 Å². The summed E-state index contributed by atoms with van der Waals surface area (Å²) in [6.07, 6.45) is 5.76. The first-order valence-electron chi connectivity index (χ1n) is 14.1. The Labute approximate surface area is 230 Å². The van der Waals surface area contributed by atoms with Crippen molar-refractivity contribution in [1.82, 2.24) is 24.8 Å². The zero-order chi connectivity index (χ0) is 26.9. The summed E-state index contributed by atoms with van der Waals surface area (Å²) in [5.41, 5.74) is 2.76. The Morgan fingerprint density at radius 3 is 2.64 bits per heavy atom. The predicted octanol–water partition coefficient (Wildman–Crippen LogP) is 5.09. The summed E-state index contributed by atoms with van der Waals surface area (Å²) in [5, 5.41) is 3.33. The van der Waals surface area contributed by atoms with Crippen molar-refractivity contribution in [2.75, 3.05) is 38.1 Å². The van der Waals surface area contributed by atoms with Gasteiger partial charge in [0.2, 0.25) is 5.91 Å². The van der Waals surface area contributed by atoms with Gasteiger partial charge in [-0.3, -0.25) is 4.79 Å². The van der Waals surface area contributed by atoms with Crippen molar-refractivity contribution in [3.05, 3.63) is 73.1 Å². The first-order valence-corrected chi connectivity index (χ1v) is 14.1. The second-order valence-corrected chi connectivity index (χ2v) is 10.9. The molecule has 0 saturated carbocycles. The van der Waals surface area contributed by atoms with Gasteiger partial charge in [-0.2, -0.15) is 0 Å². The molecule has 39 heavy (non-hydrogen) atoms. The highest BCUT2D eigenvalue weighted by molar-refractivity contribution is 5.97. The Bertz CT molecular complexity index is 1530. The number of anilines is 1. The summed E-state index contributed by atoms with van der Waals surface area (Å²) in [6.45, 7) is 8.97. The maximum Gasteiger partial charge on any atom is 0.246 e. The van der Waals surface area contributed by atoms with Crippen molar-refractivity contribution in [2.24, 2.45) is 0 Å². The molecule has 4 aromatic rings. The van der Waals surface area contributed by atoms with Crippen molar-refractivity contribution < 1.29 is 4.79 Å². The van der Waals surface area contributed by atoms with E-state index in [-0.39, 0.29) is 11.9 Å². The van der Waals surface area contributed by atoms with E-state index in [9.17, 15) is 4.79 Å². The van der Waals surface area contributed by atoms with Crippen LogP contribution in [0.3, 0.4) is 0 Å². The van der Waals surface area contributed by atoms with Crippen LogP contribution in [0.4, 0.5) is 5.82 Å². The summed E-state index contributed by atoms with van der Waals surface area (Å²) in [7, 11) is 2.22. The van der Waals surface area contributed by atoms with Gasteiger partial charge in [0.25, 0.3) is 0 Å². The number of hydrogen-bond acceptors (Lipinski definition) is 6. The summed E-state index contributed by atoms with van der Waals surface area (Å²) in [4.78, 5) is 34.2. The highest BCUT2D eigenvalue weighted by atomic mass is 16.2. The number of benzene rings is 2. The lowest BCUT2D eigenvalue weighted by Crippen LogP contribution is -2.53. The Morgan fingerprint density at radius 1 is 1.00 bits per heavy atom. The Balaban J connectivity index is 1.40. The monoisotopic (exact) mass is 520 g/mol. The normalized spacial score (nSPS) is 20.2. The minimum Gasteiger partial charge on any atom is -0.350 e. The lowest BCUT2D eigenvalue weighted by molar-refractivity contribution is -0.126. The smallest absolute Gasteiger partial charge is 0.246 e. The lowest BCUT2D eigenvalue weighted by Gasteiger charge is -2.40. The van der Waals surface area contributed by atoms with Gasteiger partial charge in [-0.15, -0.1) is 0 Å². The molecule has 0 aliphatic carbocycles. The van der Waals surface area contributed by atoms with E-state index in [0.29, 0.717) is 25.7 Å². The van der Waals surface area contributed by atoms with Gasteiger partial charge in [-0.1, -0.05) is 49.0 Å². The molecule has 6 rings (SSSR count). The molecule has 2 fully saturated rings. The number of carbonyl (C=O) groups is 1. The van der Waals surface area contributed by atoms with Crippen LogP contribution in [0.1, 0.15) is 32.0 Å². The number of likely N-dealkylation sites (tertiary alicyclic amines) is 1. The van der Waals surface area contributed by atoms with Crippen LogP contribution in [0, 0.1) is 0 Å². The van der Waals surface area contributed by atoms with Crippen molar-refractivity contribution >= 4 is 33.5 Å². The van der Waals surface area contributed by atoms with Gasteiger partial charge in [0, 0.05) is 43.7 Å².